The van der Waals surface area contributed by atoms with Gasteiger partial charge in [-0.25, -0.2) is 0 Å². The highest BCUT2D eigenvalue weighted by Crippen LogP contribution is 2.08. The molecule has 0 atom stereocenters. The topological polar surface area (TPSA) is 42.0 Å². The van der Waals surface area contributed by atoms with Crippen LogP contribution in [0.15, 0.2) is 18.3 Å². The van der Waals surface area contributed by atoms with Crippen LogP contribution in [-0.2, 0) is 4.79 Å². The molecule has 15 heavy (non-hydrogen) atoms. The summed E-state index contributed by atoms with van der Waals surface area (Å²) in [5.41, 5.74) is 1.70. The quantitative estimate of drug-likeness (QED) is 0.620. The molecule has 1 aromatic heterocycles. The number of unbranched alkanes of at least 4 members (excludes halogenated alkanes) is 1. The Hall–Kier alpha value is -1.09. The van der Waals surface area contributed by atoms with E-state index in [1.165, 1.54) is 0 Å². The number of hydrogen-bond donors (Lipinski definition) is 1. The van der Waals surface area contributed by atoms with Crippen molar-refractivity contribution >= 4 is 23.2 Å². The lowest BCUT2D eigenvalue weighted by Crippen LogP contribution is -2.11. The third-order valence-corrected chi connectivity index (χ3v) is 2.24. The zero-order chi connectivity index (χ0) is 11.1. The van der Waals surface area contributed by atoms with E-state index >= 15 is 0 Å². The molecule has 1 heterocycles. The third-order valence-electron chi connectivity index (χ3n) is 1.97. The maximum atomic E-state index is 11.4. The first-order chi connectivity index (χ1) is 7.22. The van der Waals surface area contributed by atoms with E-state index in [0.717, 1.165) is 24.2 Å². The van der Waals surface area contributed by atoms with Crippen molar-refractivity contribution in [3.63, 3.8) is 0 Å². The molecule has 0 aliphatic heterocycles. The van der Waals surface area contributed by atoms with Crippen LogP contribution in [0.25, 0.3) is 0 Å². The van der Waals surface area contributed by atoms with Crippen LogP contribution < -0.4 is 5.32 Å². The fourth-order valence-electron chi connectivity index (χ4n) is 1.23. The lowest BCUT2D eigenvalue weighted by atomic mass is 10.2. The second-order valence-electron chi connectivity index (χ2n) is 3.38. The van der Waals surface area contributed by atoms with Crippen molar-refractivity contribution in [1.82, 2.24) is 4.98 Å². The molecule has 0 saturated carbocycles. The molecular weight excluding hydrogens is 212 g/mol. The van der Waals surface area contributed by atoms with Gasteiger partial charge in [0.05, 0.1) is 0 Å². The van der Waals surface area contributed by atoms with Crippen molar-refractivity contribution in [2.45, 2.75) is 26.2 Å². The van der Waals surface area contributed by atoms with Crippen molar-refractivity contribution in [2.24, 2.45) is 0 Å². The monoisotopic (exact) mass is 226 g/mol. The Morgan fingerprint density at radius 2 is 2.33 bits per heavy atom. The normalized spacial score (nSPS) is 10.0. The molecule has 3 nitrogen and oxygen atoms in total. The van der Waals surface area contributed by atoms with E-state index < -0.39 is 0 Å². The smallest absolute Gasteiger partial charge is 0.224 e. The average molecular weight is 227 g/mol. The highest BCUT2D eigenvalue weighted by molar-refractivity contribution is 6.17. The minimum Gasteiger partial charge on any atom is -0.326 e. The van der Waals surface area contributed by atoms with Gasteiger partial charge < -0.3 is 5.32 Å². The van der Waals surface area contributed by atoms with Crippen molar-refractivity contribution in [1.29, 1.82) is 0 Å². The summed E-state index contributed by atoms with van der Waals surface area (Å²) in [6.07, 6.45) is 3.92. The Morgan fingerprint density at radius 3 is 3.00 bits per heavy atom. The maximum Gasteiger partial charge on any atom is 0.224 e. The van der Waals surface area contributed by atoms with Crippen molar-refractivity contribution in [3.8, 4) is 0 Å². The number of carbonyl (C=O) groups excluding carboxylic acids is 1. The highest BCUT2D eigenvalue weighted by atomic mass is 35.5. The van der Waals surface area contributed by atoms with Crippen LogP contribution in [0.4, 0.5) is 5.69 Å². The number of pyridine rings is 1. The van der Waals surface area contributed by atoms with Gasteiger partial charge >= 0.3 is 0 Å². The summed E-state index contributed by atoms with van der Waals surface area (Å²) < 4.78 is 0. The molecule has 0 radical (unpaired) electrons. The van der Waals surface area contributed by atoms with Gasteiger partial charge in [-0.3, -0.25) is 9.78 Å². The molecule has 0 aliphatic rings. The van der Waals surface area contributed by atoms with Gasteiger partial charge in [0.2, 0.25) is 5.91 Å². The number of halogens is 1. The molecule has 1 amide bonds. The van der Waals surface area contributed by atoms with Crippen LogP contribution in [0.3, 0.4) is 0 Å². The first-order valence-electron chi connectivity index (χ1n) is 5.01. The van der Waals surface area contributed by atoms with E-state index in [1.54, 1.807) is 12.3 Å². The molecule has 1 aromatic rings. The summed E-state index contributed by atoms with van der Waals surface area (Å²) in [6.45, 7) is 1.89. The molecular formula is C11H15ClN2O. The predicted octanol–water partition coefficient (Wildman–Crippen LogP) is 2.74. The number of aryl methyl sites for hydroxylation is 1. The number of aromatic nitrogens is 1. The molecule has 0 aliphatic carbocycles. The summed E-state index contributed by atoms with van der Waals surface area (Å²) in [7, 11) is 0. The van der Waals surface area contributed by atoms with Crippen LogP contribution in [0.2, 0.25) is 0 Å². The second-order valence-corrected chi connectivity index (χ2v) is 3.76. The average Bonchev–Trinajstić information content (AvgIpc) is 2.18. The van der Waals surface area contributed by atoms with Crippen LogP contribution in [0, 0.1) is 6.92 Å². The molecule has 82 valence electrons. The number of nitrogens with one attached hydrogen (secondary N) is 1. The fourth-order valence-corrected chi connectivity index (χ4v) is 1.42. The van der Waals surface area contributed by atoms with Gasteiger partial charge in [0.25, 0.3) is 0 Å². The van der Waals surface area contributed by atoms with Crippen LogP contribution in [0.1, 0.15) is 25.0 Å². The molecule has 0 aromatic carbocycles. The summed E-state index contributed by atoms with van der Waals surface area (Å²) in [4.78, 5) is 15.5. The zero-order valence-electron chi connectivity index (χ0n) is 8.79. The number of amides is 1. The first kappa shape index (κ1) is 12.0. The number of anilines is 1. The first-order valence-corrected chi connectivity index (χ1v) is 5.54. The predicted molar refractivity (Wildman–Crippen MR) is 62.2 cm³/mol. The maximum absolute atomic E-state index is 11.4. The second kappa shape index (κ2) is 6.40. The number of hydrogen-bond acceptors (Lipinski definition) is 2. The lowest BCUT2D eigenvalue weighted by Gasteiger charge is -2.04. The van der Waals surface area contributed by atoms with Gasteiger partial charge in [0.15, 0.2) is 0 Å². The van der Waals surface area contributed by atoms with E-state index in [9.17, 15) is 4.79 Å². The van der Waals surface area contributed by atoms with Gasteiger partial charge in [-0.15, -0.1) is 11.6 Å². The standard InChI is InChI=1S/C11H15ClN2O/c1-9-8-10(5-7-13-9)14-11(15)4-2-3-6-12/h5,7-8H,2-4,6H2,1H3,(H,13,14,15). The zero-order valence-corrected chi connectivity index (χ0v) is 9.55. The molecule has 0 saturated heterocycles. The molecule has 0 bridgehead atoms. The number of alkyl halides is 1. The summed E-state index contributed by atoms with van der Waals surface area (Å²) in [5.74, 6) is 0.646. The fraction of sp³-hybridized carbons (Fsp3) is 0.455. The van der Waals surface area contributed by atoms with Gasteiger partial charge in [0.1, 0.15) is 0 Å². The Balaban J connectivity index is 2.37. The number of carbonyl (C=O) groups is 1. The van der Waals surface area contributed by atoms with Gasteiger partial charge in [-0.2, -0.15) is 0 Å². The summed E-state index contributed by atoms with van der Waals surface area (Å²) in [5, 5.41) is 2.82. The Labute approximate surface area is 94.9 Å². The number of nitrogens with zero attached hydrogens (tertiary/aromatic N) is 1. The van der Waals surface area contributed by atoms with Crippen LogP contribution >= 0.6 is 11.6 Å². The molecule has 4 heteroatoms. The van der Waals surface area contributed by atoms with E-state index in [-0.39, 0.29) is 5.91 Å². The minimum absolute atomic E-state index is 0.0331. The Bertz CT molecular complexity index is 328. The molecule has 1 N–H and O–H groups in total. The molecule has 0 unspecified atom stereocenters. The number of rotatable bonds is 5. The van der Waals surface area contributed by atoms with E-state index in [4.69, 9.17) is 11.6 Å². The van der Waals surface area contributed by atoms with Crippen LogP contribution in [-0.4, -0.2) is 16.8 Å². The summed E-state index contributed by atoms with van der Waals surface area (Å²) >= 11 is 5.53. The largest absolute Gasteiger partial charge is 0.326 e. The highest BCUT2D eigenvalue weighted by Gasteiger charge is 2.01. The van der Waals surface area contributed by atoms with Gasteiger partial charge in [-0.1, -0.05) is 0 Å². The third kappa shape index (κ3) is 4.79. The Kier molecular flexibility index (Phi) is 5.12. The van der Waals surface area contributed by atoms with Crippen molar-refractivity contribution < 1.29 is 4.79 Å². The molecule has 0 fully saturated rings. The molecule has 1 rings (SSSR count). The van der Waals surface area contributed by atoms with Crippen LogP contribution in [0.5, 0.6) is 0 Å². The van der Waals surface area contributed by atoms with E-state index in [0.29, 0.717) is 12.3 Å². The lowest BCUT2D eigenvalue weighted by molar-refractivity contribution is -0.116. The van der Waals surface area contributed by atoms with Crippen molar-refractivity contribution in [2.75, 3.05) is 11.2 Å². The summed E-state index contributed by atoms with van der Waals surface area (Å²) in [6, 6.07) is 3.63. The van der Waals surface area contributed by atoms with Gasteiger partial charge in [-0.05, 0) is 31.9 Å². The van der Waals surface area contributed by atoms with E-state index in [2.05, 4.69) is 10.3 Å². The Morgan fingerprint density at radius 1 is 1.53 bits per heavy atom. The van der Waals surface area contributed by atoms with Crippen molar-refractivity contribution in [3.05, 3.63) is 24.0 Å². The molecule has 0 spiro atoms. The van der Waals surface area contributed by atoms with E-state index in [1.807, 2.05) is 13.0 Å². The minimum atomic E-state index is 0.0331. The SMILES string of the molecule is Cc1cc(NC(=O)CCCCCl)ccn1. The van der Waals surface area contributed by atoms with Gasteiger partial charge in [0, 0.05) is 29.9 Å².